The molecule has 0 aliphatic carbocycles. The standard InChI is InChI=1S/C22H25ClN4O3S/c1-2-13-27-20-6-4-3-5-19(20)24-22(27)25-21(28)16-11-14-26(15-12-16)31(29,30)18-9-7-17(23)8-10-18/h3-10,16H,2,11-15H2,1H3,(H,24,25,28). The average Bonchev–Trinajstić information content (AvgIpc) is 3.11. The number of sulfonamides is 1. The van der Waals surface area contributed by atoms with Crippen molar-refractivity contribution in [2.75, 3.05) is 18.4 Å². The Morgan fingerprint density at radius 1 is 1.13 bits per heavy atom. The number of halogens is 1. The van der Waals surface area contributed by atoms with Gasteiger partial charge in [0.15, 0.2) is 0 Å². The number of anilines is 1. The van der Waals surface area contributed by atoms with Gasteiger partial charge in [0, 0.05) is 30.6 Å². The quantitative estimate of drug-likeness (QED) is 0.599. The first-order chi connectivity index (χ1) is 14.9. The van der Waals surface area contributed by atoms with Crippen molar-refractivity contribution < 1.29 is 13.2 Å². The second kappa shape index (κ2) is 8.98. The third-order valence-electron chi connectivity index (χ3n) is 5.61. The molecule has 3 aromatic rings. The van der Waals surface area contributed by atoms with Crippen molar-refractivity contribution in [1.82, 2.24) is 13.9 Å². The number of imidazole rings is 1. The third kappa shape index (κ3) is 4.46. The number of benzene rings is 2. The van der Waals surface area contributed by atoms with Crippen molar-refractivity contribution >= 4 is 44.5 Å². The number of nitrogens with one attached hydrogen (secondary N) is 1. The summed E-state index contributed by atoms with van der Waals surface area (Å²) in [7, 11) is -3.59. The molecule has 2 heterocycles. The molecule has 0 spiro atoms. The zero-order chi connectivity index (χ0) is 22.0. The molecular weight excluding hydrogens is 436 g/mol. The molecule has 164 valence electrons. The summed E-state index contributed by atoms with van der Waals surface area (Å²) >= 11 is 5.86. The molecule has 0 atom stereocenters. The molecule has 7 nitrogen and oxygen atoms in total. The molecule has 0 radical (unpaired) electrons. The van der Waals surface area contributed by atoms with Gasteiger partial charge in [0.1, 0.15) is 0 Å². The highest BCUT2D eigenvalue weighted by Gasteiger charge is 2.32. The number of aryl methyl sites for hydroxylation is 1. The molecule has 31 heavy (non-hydrogen) atoms. The van der Waals surface area contributed by atoms with Crippen molar-refractivity contribution in [2.24, 2.45) is 5.92 Å². The number of para-hydroxylation sites is 2. The minimum Gasteiger partial charge on any atom is -0.310 e. The summed E-state index contributed by atoms with van der Waals surface area (Å²) in [4.78, 5) is 17.7. The number of nitrogens with zero attached hydrogens (tertiary/aromatic N) is 3. The number of carbonyl (C=O) groups is 1. The van der Waals surface area contributed by atoms with Gasteiger partial charge in [0.2, 0.25) is 21.9 Å². The Bertz CT molecular complexity index is 1180. The monoisotopic (exact) mass is 460 g/mol. The van der Waals surface area contributed by atoms with Crippen LogP contribution < -0.4 is 5.32 Å². The zero-order valence-corrected chi connectivity index (χ0v) is 18.9. The summed E-state index contributed by atoms with van der Waals surface area (Å²) in [5, 5.41) is 3.47. The Morgan fingerprint density at radius 3 is 2.48 bits per heavy atom. The Morgan fingerprint density at radius 2 is 1.81 bits per heavy atom. The maximum Gasteiger partial charge on any atom is 0.243 e. The van der Waals surface area contributed by atoms with Crippen molar-refractivity contribution in [3.05, 3.63) is 53.6 Å². The van der Waals surface area contributed by atoms with Crippen LogP contribution in [0.1, 0.15) is 26.2 Å². The minimum atomic E-state index is -3.59. The van der Waals surface area contributed by atoms with E-state index in [4.69, 9.17) is 11.6 Å². The molecule has 1 aromatic heterocycles. The van der Waals surface area contributed by atoms with Crippen LogP contribution in [-0.4, -0.2) is 41.3 Å². The molecule has 1 aliphatic heterocycles. The van der Waals surface area contributed by atoms with Gasteiger partial charge in [-0.25, -0.2) is 13.4 Å². The van der Waals surface area contributed by atoms with Crippen LogP contribution in [0.4, 0.5) is 5.95 Å². The third-order valence-corrected chi connectivity index (χ3v) is 7.78. The number of hydrogen-bond acceptors (Lipinski definition) is 4. The average molecular weight is 461 g/mol. The van der Waals surface area contributed by atoms with Crippen LogP contribution in [0.2, 0.25) is 5.02 Å². The highest BCUT2D eigenvalue weighted by molar-refractivity contribution is 7.89. The first kappa shape index (κ1) is 21.8. The molecule has 1 aliphatic rings. The number of carbonyl (C=O) groups excluding carboxylic acids is 1. The van der Waals surface area contributed by atoms with Gasteiger partial charge in [-0.15, -0.1) is 0 Å². The van der Waals surface area contributed by atoms with Crippen LogP contribution in [0.3, 0.4) is 0 Å². The van der Waals surface area contributed by atoms with Crippen molar-refractivity contribution in [3.63, 3.8) is 0 Å². The van der Waals surface area contributed by atoms with Gasteiger partial charge in [-0.2, -0.15) is 4.31 Å². The summed E-state index contributed by atoms with van der Waals surface area (Å²) in [5.74, 6) is 0.173. The normalized spacial score (nSPS) is 15.9. The van der Waals surface area contributed by atoms with E-state index in [0.717, 1.165) is 24.0 Å². The topological polar surface area (TPSA) is 84.3 Å². The van der Waals surface area contributed by atoms with Crippen molar-refractivity contribution in [2.45, 2.75) is 37.6 Å². The lowest BCUT2D eigenvalue weighted by atomic mass is 9.97. The Hall–Kier alpha value is -2.42. The van der Waals surface area contributed by atoms with E-state index in [9.17, 15) is 13.2 Å². The summed E-state index contributed by atoms with van der Waals surface area (Å²) < 4.78 is 29.2. The summed E-state index contributed by atoms with van der Waals surface area (Å²) in [5.41, 5.74) is 1.83. The molecule has 1 fully saturated rings. The lowest BCUT2D eigenvalue weighted by Crippen LogP contribution is -2.41. The van der Waals surface area contributed by atoms with Gasteiger partial charge in [0.05, 0.1) is 15.9 Å². The van der Waals surface area contributed by atoms with Crippen LogP contribution in [0.5, 0.6) is 0 Å². The Kier molecular flexibility index (Phi) is 6.31. The SMILES string of the molecule is CCCn1c(NC(=O)C2CCN(S(=O)(=O)c3ccc(Cl)cc3)CC2)nc2ccccc21. The fourth-order valence-corrected chi connectivity index (χ4v) is 5.54. The van der Waals surface area contributed by atoms with Crippen LogP contribution in [-0.2, 0) is 21.4 Å². The van der Waals surface area contributed by atoms with Crippen LogP contribution >= 0.6 is 11.6 Å². The predicted molar refractivity (Wildman–Crippen MR) is 122 cm³/mol. The molecule has 2 aromatic carbocycles. The van der Waals surface area contributed by atoms with Gasteiger partial charge in [0.25, 0.3) is 0 Å². The first-order valence-electron chi connectivity index (χ1n) is 10.4. The van der Waals surface area contributed by atoms with E-state index in [0.29, 0.717) is 36.9 Å². The lowest BCUT2D eigenvalue weighted by Gasteiger charge is -2.30. The summed E-state index contributed by atoms with van der Waals surface area (Å²) in [6.07, 6.45) is 1.85. The maximum absolute atomic E-state index is 12.9. The molecule has 0 bridgehead atoms. The fourth-order valence-electron chi connectivity index (χ4n) is 3.95. The van der Waals surface area contributed by atoms with Crippen molar-refractivity contribution in [1.29, 1.82) is 0 Å². The molecule has 4 rings (SSSR count). The van der Waals surface area contributed by atoms with Crippen LogP contribution in [0.25, 0.3) is 11.0 Å². The van der Waals surface area contributed by atoms with E-state index >= 15 is 0 Å². The molecule has 0 unspecified atom stereocenters. The molecule has 1 saturated heterocycles. The van der Waals surface area contributed by atoms with Crippen LogP contribution in [0, 0.1) is 5.92 Å². The van der Waals surface area contributed by atoms with E-state index in [2.05, 4.69) is 17.2 Å². The van der Waals surface area contributed by atoms with E-state index in [1.165, 1.54) is 16.4 Å². The number of rotatable bonds is 6. The second-order valence-electron chi connectivity index (χ2n) is 7.70. The minimum absolute atomic E-state index is 0.115. The Balaban J connectivity index is 1.44. The number of aromatic nitrogens is 2. The number of fused-ring (bicyclic) bond motifs is 1. The largest absolute Gasteiger partial charge is 0.310 e. The molecule has 1 amide bonds. The fraction of sp³-hybridized carbons (Fsp3) is 0.364. The van der Waals surface area contributed by atoms with E-state index < -0.39 is 10.0 Å². The van der Waals surface area contributed by atoms with Gasteiger partial charge >= 0.3 is 0 Å². The van der Waals surface area contributed by atoms with Gasteiger partial charge < -0.3 is 4.57 Å². The number of piperidine rings is 1. The van der Waals surface area contributed by atoms with Crippen molar-refractivity contribution in [3.8, 4) is 0 Å². The second-order valence-corrected chi connectivity index (χ2v) is 10.1. The smallest absolute Gasteiger partial charge is 0.243 e. The molecular formula is C22H25ClN4O3S. The predicted octanol–water partition coefficient (Wildman–Crippen LogP) is 4.14. The lowest BCUT2D eigenvalue weighted by molar-refractivity contribution is -0.121. The molecule has 1 N–H and O–H groups in total. The van der Waals surface area contributed by atoms with Gasteiger partial charge in [-0.05, 0) is 55.7 Å². The molecule has 0 saturated carbocycles. The van der Waals surface area contributed by atoms with E-state index in [-0.39, 0.29) is 16.7 Å². The van der Waals surface area contributed by atoms with Gasteiger partial charge in [-0.3, -0.25) is 10.1 Å². The van der Waals surface area contributed by atoms with Gasteiger partial charge in [-0.1, -0.05) is 30.7 Å². The molecule has 9 heteroatoms. The highest BCUT2D eigenvalue weighted by atomic mass is 35.5. The maximum atomic E-state index is 12.9. The van der Waals surface area contributed by atoms with E-state index in [1.54, 1.807) is 12.1 Å². The Labute approximate surface area is 187 Å². The van der Waals surface area contributed by atoms with Crippen LogP contribution in [0.15, 0.2) is 53.4 Å². The zero-order valence-electron chi connectivity index (χ0n) is 17.3. The highest BCUT2D eigenvalue weighted by Crippen LogP contribution is 2.26. The first-order valence-corrected chi connectivity index (χ1v) is 12.2. The summed E-state index contributed by atoms with van der Waals surface area (Å²) in [6, 6.07) is 14.0. The summed E-state index contributed by atoms with van der Waals surface area (Å²) in [6.45, 7) is 3.44. The van der Waals surface area contributed by atoms with E-state index in [1.807, 2.05) is 28.8 Å². The number of amides is 1. The number of hydrogen-bond donors (Lipinski definition) is 1.